The van der Waals surface area contributed by atoms with Gasteiger partial charge >= 0.3 is 5.97 Å². The minimum absolute atomic E-state index is 0.159. The molecule has 1 heterocycles. The van der Waals surface area contributed by atoms with Crippen LogP contribution in [0.5, 0.6) is 0 Å². The van der Waals surface area contributed by atoms with Crippen LogP contribution in [0.25, 0.3) is 0 Å². The third kappa shape index (κ3) is 2.96. The molecule has 1 unspecified atom stereocenters. The molecule has 1 aromatic rings. The van der Waals surface area contributed by atoms with Crippen molar-refractivity contribution < 1.29 is 14.6 Å². The first kappa shape index (κ1) is 13.4. The zero-order valence-corrected chi connectivity index (χ0v) is 11.6. The molecule has 0 bridgehead atoms. The van der Waals surface area contributed by atoms with Gasteiger partial charge < -0.3 is 14.7 Å². The van der Waals surface area contributed by atoms with Crippen molar-refractivity contribution in [1.82, 2.24) is 0 Å². The Labute approximate surface area is 119 Å². The van der Waals surface area contributed by atoms with E-state index in [1.807, 2.05) is 12.1 Å². The predicted octanol–water partition coefficient (Wildman–Crippen LogP) is 2.49. The van der Waals surface area contributed by atoms with E-state index in [1.54, 1.807) is 0 Å². The van der Waals surface area contributed by atoms with E-state index in [4.69, 9.17) is 4.74 Å². The second-order valence-electron chi connectivity index (χ2n) is 5.70. The van der Waals surface area contributed by atoms with Gasteiger partial charge in [-0.25, -0.2) is 0 Å². The van der Waals surface area contributed by atoms with Gasteiger partial charge in [-0.15, -0.1) is 0 Å². The van der Waals surface area contributed by atoms with Crippen LogP contribution >= 0.6 is 0 Å². The Hall–Kier alpha value is -1.55. The molecule has 4 heteroatoms. The molecule has 0 aromatic heterocycles. The smallest absolute Gasteiger partial charge is 0.303 e. The van der Waals surface area contributed by atoms with E-state index in [1.165, 1.54) is 11.3 Å². The van der Waals surface area contributed by atoms with Crippen LogP contribution in [0, 0.1) is 5.92 Å². The molecule has 1 saturated heterocycles. The molecule has 1 aliphatic heterocycles. The average Bonchev–Trinajstić information content (AvgIpc) is 3.30. The third-order valence-corrected chi connectivity index (χ3v) is 4.27. The Morgan fingerprint density at radius 1 is 1.30 bits per heavy atom. The lowest BCUT2D eigenvalue weighted by molar-refractivity contribution is -0.137. The van der Waals surface area contributed by atoms with Crippen LogP contribution < -0.4 is 4.90 Å². The average molecular weight is 275 g/mol. The second-order valence-corrected chi connectivity index (χ2v) is 5.70. The van der Waals surface area contributed by atoms with Crippen molar-refractivity contribution in [3.05, 3.63) is 29.8 Å². The van der Waals surface area contributed by atoms with Crippen LogP contribution in [0.2, 0.25) is 0 Å². The van der Waals surface area contributed by atoms with E-state index < -0.39 is 5.97 Å². The lowest BCUT2D eigenvalue weighted by atomic mass is 9.89. The molecular weight excluding hydrogens is 254 g/mol. The van der Waals surface area contributed by atoms with Crippen LogP contribution in [0.15, 0.2) is 24.3 Å². The zero-order chi connectivity index (χ0) is 13.9. The summed E-state index contributed by atoms with van der Waals surface area (Å²) < 4.78 is 5.41. The fourth-order valence-electron chi connectivity index (χ4n) is 3.11. The monoisotopic (exact) mass is 275 g/mol. The van der Waals surface area contributed by atoms with Crippen LogP contribution in [-0.2, 0) is 9.53 Å². The molecule has 0 amide bonds. The number of ether oxygens (including phenoxy) is 1. The maximum Gasteiger partial charge on any atom is 0.303 e. The summed E-state index contributed by atoms with van der Waals surface area (Å²) in [6.07, 6.45) is 2.57. The van der Waals surface area contributed by atoms with Gasteiger partial charge in [0.2, 0.25) is 0 Å². The molecule has 1 saturated carbocycles. The normalized spacial score (nSPS) is 20.7. The molecule has 4 nitrogen and oxygen atoms in total. The van der Waals surface area contributed by atoms with Crippen LogP contribution in [-0.4, -0.2) is 37.4 Å². The number of hydrogen-bond acceptors (Lipinski definition) is 3. The Morgan fingerprint density at radius 3 is 2.65 bits per heavy atom. The summed E-state index contributed by atoms with van der Waals surface area (Å²) in [6, 6.07) is 8.30. The molecule has 3 rings (SSSR count). The summed E-state index contributed by atoms with van der Waals surface area (Å²) in [6.45, 7) is 3.28. The van der Waals surface area contributed by atoms with E-state index in [9.17, 15) is 9.90 Å². The summed E-state index contributed by atoms with van der Waals surface area (Å²) >= 11 is 0. The number of hydrogen-bond donors (Lipinski definition) is 1. The van der Waals surface area contributed by atoms with Crippen molar-refractivity contribution in [1.29, 1.82) is 0 Å². The first-order chi connectivity index (χ1) is 9.75. The molecule has 0 spiro atoms. The molecule has 20 heavy (non-hydrogen) atoms. The fourth-order valence-corrected chi connectivity index (χ4v) is 3.11. The quantitative estimate of drug-likeness (QED) is 0.897. The van der Waals surface area contributed by atoms with Crippen molar-refractivity contribution in [3.8, 4) is 0 Å². The van der Waals surface area contributed by atoms with Crippen molar-refractivity contribution >= 4 is 11.7 Å². The number of carbonyl (C=O) groups is 1. The van der Waals surface area contributed by atoms with E-state index >= 15 is 0 Å². The highest BCUT2D eigenvalue weighted by Gasteiger charge is 2.35. The maximum absolute atomic E-state index is 11.2. The number of anilines is 1. The molecule has 1 N–H and O–H groups in total. The molecule has 1 atom stereocenters. The van der Waals surface area contributed by atoms with Gasteiger partial charge in [0.25, 0.3) is 0 Å². The van der Waals surface area contributed by atoms with Gasteiger partial charge in [0.15, 0.2) is 0 Å². The highest BCUT2D eigenvalue weighted by atomic mass is 16.5. The summed E-state index contributed by atoms with van der Waals surface area (Å²) in [5.41, 5.74) is 2.41. The van der Waals surface area contributed by atoms with Crippen molar-refractivity contribution in [2.45, 2.75) is 25.2 Å². The Kier molecular flexibility index (Phi) is 3.92. The minimum atomic E-state index is -0.696. The van der Waals surface area contributed by atoms with Gasteiger partial charge in [-0.1, -0.05) is 18.2 Å². The molecular formula is C16H21NO3. The van der Waals surface area contributed by atoms with E-state index in [-0.39, 0.29) is 12.3 Å². The number of morpholine rings is 1. The molecule has 108 valence electrons. The van der Waals surface area contributed by atoms with Gasteiger partial charge in [0, 0.05) is 18.8 Å². The Bertz CT molecular complexity index is 478. The number of carboxylic acid groups (broad SMARTS) is 1. The molecule has 1 aromatic carbocycles. The Balaban J connectivity index is 1.88. The lowest BCUT2D eigenvalue weighted by Crippen LogP contribution is -2.37. The molecule has 2 fully saturated rings. The maximum atomic E-state index is 11.2. The van der Waals surface area contributed by atoms with Crippen LogP contribution in [0.1, 0.15) is 30.7 Å². The molecule has 0 radical (unpaired) electrons. The number of benzene rings is 1. The molecule has 1 aliphatic carbocycles. The second kappa shape index (κ2) is 5.83. The first-order valence-electron chi connectivity index (χ1n) is 7.39. The third-order valence-electron chi connectivity index (χ3n) is 4.27. The van der Waals surface area contributed by atoms with Gasteiger partial charge in [0.1, 0.15) is 0 Å². The van der Waals surface area contributed by atoms with Crippen LogP contribution in [0.3, 0.4) is 0 Å². The lowest BCUT2D eigenvalue weighted by Gasteiger charge is -2.32. The molecule has 2 aliphatic rings. The highest BCUT2D eigenvalue weighted by Crippen LogP contribution is 2.47. The van der Waals surface area contributed by atoms with E-state index in [0.29, 0.717) is 5.92 Å². The number of para-hydroxylation sites is 1. The SMILES string of the molecule is O=C(O)CC(c1ccccc1N1CCOCC1)C1CC1. The summed E-state index contributed by atoms with van der Waals surface area (Å²) in [5, 5.41) is 9.19. The first-order valence-corrected chi connectivity index (χ1v) is 7.39. The number of rotatable bonds is 5. The summed E-state index contributed by atoms with van der Waals surface area (Å²) in [7, 11) is 0. The highest BCUT2D eigenvalue weighted by molar-refractivity contribution is 5.69. The van der Waals surface area contributed by atoms with Crippen LogP contribution in [0.4, 0.5) is 5.69 Å². The minimum Gasteiger partial charge on any atom is -0.481 e. The van der Waals surface area contributed by atoms with Gasteiger partial charge in [0.05, 0.1) is 19.6 Å². The number of nitrogens with zero attached hydrogens (tertiary/aromatic N) is 1. The van der Waals surface area contributed by atoms with Crippen molar-refractivity contribution in [3.63, 3.8) is 0 Å². The number of aliphatic carboxylic acids is 1. The van der Waals surface area contributed by atoms with E-state index in [2.05, 4.69) is 17.0 Å². The standard InChI is InChI=1S/C16H21NO3/c18-16(19)11-14(12-5-6-12)13-3-1-2-4-15(13)17-7-9-20-10-8-17/h1-4,12,14H,5-11H2,(H,18,19). The van der Waals surface area contributed by atoms with Gasteiger partial charge in [-0.2, -0.15) is 0 Å². The predicted molar refractivity (Wildman–Crippen MR) is 77.2 cm³/mol. The van der Waals surface area contributed by atoms with E-state index in [0.717, 1.165) is 39.1 Å². The Morgan fingerprint density at radius 2 is 2.00 bits per heavy atom. The van der Waals surface area contributed by atoms with Crippen molar-refractivity contribution in [2.75, 3.05) is 31.2 Å². The summed E-state index contributed by atoms with van der Waals surface area (Å²) in [5.74, 6) is 0.0125. The van der Waals surface area contributed by atoms with Gasteiger partial charge in [-0.3, -0.25) is 4.79 Å². The fraction of sp³-hybridized carbons (Fsp3) is 0.562. The van der Waals surface area contributed by atoms with Gasteiger partial charge in [-0.05, 0) is 36.3 Å². The topological polar surface area (TPSA) is 49.8 Å². The van der Waals surface area contributed by atoms with Crippen molar-refractivity contribution in [2.24, 2.45) is 5.92 Å². The summed E-state index contributed by atoms with van der Waals surface area (Å²) in [4.78, 5) is 13.5. The zero-order valence-electron chi connectivity index (χ0n) is 11.6. The largest absolute Gasteiger partial charge is 0.481 e. The number of carboxylic acids is 1.